The minimum atomic E-state index is -0.735. The Morgan fingerprint density at radius 3 is 2.56 bits per heavy atom. The van der Waals surface area contributed by atoms with Crippen molar-refractivity contribution in [2.75, 3.05) is 6.54 Å². The van der Waals surface area contributed by atoms with Crippen LogP contribution in [0.5, 0.6) is 0 Å². The quantitative estimate of drug-likeness (QED) is 0.662. The van der Waals surface area contributed by atoms with E-state index < -0.39 is 5.97 Å². The highest BCUT2D eigenvalue weighted by molar-refractivity contribution is 5.91. The Kier molecular flexibility index (Phi) is 6.61. The summed E-state index contributed by atoms with van der Waals surface area (Å²) in [6.07, 6.45) is 6.28. The fraction of sp³-hybridized carbons (Fsp3) is 0.538. The highest BCUT2D eigenvalue weighted by Gasteiger charge is 2.06. The summed E-state index contributed by atoms with van der Waals surface area (Å²) in [6.45, 7) is 0.623. The Balaban J connectivity index is 1.93. The first-order valence-electron chi connectivity index (χ1n) is 6.23. The molecule has 0 unspecified atom stereocenters. The van der Waals surface area contributed by atoms with Gasteiger partial charge in [-0.1, -0.05) is 19.3 Å². The first-order chi connectivity index (χ1) is 8.70. The second kappa shape index (κ2) is 8.33. The Morgan fingerprint density at radius 1 is 1.17 bits per heavy atom. The molecule has 0 saturated heterocycles. The molecule has 0 aliphatic rings. The summed E-state index contributed by atoms with van der Waals surface area (Å²) in [6, 6.07) is 3.30. The lowest BCUT2D eigenvalue weighted by atomic mass is 10.1. The largest absolute Gasteiger partial charge is 0.481 e. The van der Waals surface area contributed by atoms with Gasteiger partial charge >= 0.3 is 5.97 Å². The van der Waals surface area contributed by atoms with E-state index in [0.29, 0.717) is 12.3 Å². The van der Waals surface area contributed by atoms with Gasteiger partial charge in [-0.05, 0) is 25.0 Å². The SMILES string of the molecule is O=C(O)CCCCCCCNC(=O)c1ccco1. The molecule has 0 bridgehead atoms. The first-order valence-corrected chi connectivity index (χ1v) is 6.23. The fourth-order valence-corrected chi connectivity index (χ4v) is 1.63. The van der Waals surface area contributed by atoms with Gasteiger partial charge in [0.25, 0.3) is 5.91 Å². The number of rotatable bonds is 9. The molecule has 0 fully saturated rings. The zero-order valence-electron chi connectivity index (χ0n) is 10.4. The zero-order chi connectivity index (χ0) is 13.2. The summed E-state index contributed by atoms with van der Waals surface area (Å²) in [4.78, 5) is 21.7. The van der Waals surface area contributed by atoms with Crippen molar-refractivity contribution in [2.45, 2.75) is 38.5 Å². The molecule has 1 aromatic heterocycles. The topological polar surface area (TPSA) is 79.5 Å². The highest BCUT2D eigenvalue weighted by Crippen LogP contribution is 2.05. The molecule has 0 saturated carbocycles. The third-order valence-corrected chi connectivity index (χ3v) is 2.60. The number of nitrogens with one attached hydrogen (secondary N) is 1. The van der Waals surface area contributed by atoms with Gasteiger partial charge in [-0.25, -0.2) is 0 Å². The van der Waals surface area contributed by atoms with Crippen molar-refractivity contribution in [3.63, 3.8) is 0 Å². The lowest BCUT2D eigenvalue weighted by Gasteiger charge is -2.03. The Labute approximate surface area is 106 Å². The third kappa shape index (κ3) is 6.08. The summed E-state index contributed by atoms with van der Waals surface area (Å²) in [7, 11) is 0. The van der Waals surface area contributed by atoms with E-state index in [1.807, 2.05) is 0 Å². The van der Waals surface area contributed by atoms with Crippen molar-refractivity contribution in [3.05, 3.63) is 24.2 Å². The van der Waals surface area contributed by atoms with Crippen LogP contribution in [-0.2, 0) is 4.79 Å². The molecular formula is C13H19NO4. The zero-order valence-corrected chi connectivity index (χ0v) is 10.4. The van der Waals surface area contributed by atoms with Gasteiger partial charge in [0.15, 0.2) is 5.76 Å². The van der Waals surface area contributed by atoms with Crippen molar-refractivity contribution in [1.29, 1.82) is 0 Å². The summed E-state index contributed by atoms with van der Waals surface area (Å²) < 4.78 is 4.96. The Hall–Kier alpha value is -1.78. The molecule has 100 valence electrons. The van der Waals surface area contributed by atoms with E-state index in [1.54, 1.807) is 12.1 Å². The maximum Gasteiger partial charge on any atom is 0.303 e. The van der Waals surface area contributed by atoms with Gasteiger partial charge in [0.2, 0.25) is 0 Å². The summed E-state index contributed by atoms with van der Waals surface area (Å²) >= 11 is 0. The number of carboxylic acid groups (broad SMARTS) is 1. The smallest absolute Gasteiger partial charge is 0.303 e. The van der Waals surface area contributed by atoms with Crippen molar-refractivity contribution in [3.8, 4) is 0 Å². The normalized spacial score (nSPS) is 10.2. The number of unbranched alkanes of at least 4 members (excludes halogenated alkanes) is 4. The number of hydrogen-bond donors (Lipinski definition) is 2. The van der Waals surface area contributed by atoms with Gasteiger partial charge in [-0.3, -0.25) is 9.59 Å². The molecule has 2 N–H and O–H groups in total. The molecule has 0 aromatic carbocycles. The summed E-state index contributed by atoms with van der Waals surface area (Å²) in [5, 5.41) is 11.2. The minimum absolute atomic E-state index is 0.189. The molecule has 0 atom stereocenters. The van der Waals surface area contributed by atoms with E-state index in [9.17, 15) is 9.59 Å². The first kappa shape index (κ1) is 14.3. The average Bonchev–Trinajstić information content (AvgIpc) is 2.85. The van der Waals surface area contributed by atoms with Gasteiger partial charge in [-0.2, -0.15) is 0 Å². The number of aliphatic carboxylic acids is 1. The second-order valence-electron chi connectivity index (χ2n) is 4.14. The van der Waals surface area contributed by atoms with Crippen LogP contribution in [0.15, 0.2) is 22.8 Å². The molecular weight excluding hydrogens is 234 g/mol. The molecule has 0 aliphatic carbocycles. The molecule has 5 nitrogen and oxygen atoms in total. The second-order valence-corrected chi connectivity index (χ2v) is 4.14. The van der Waals surface area contributed by atoms with Crippen LogP contribution in [0.1, 0.15) is 49.1 Å². The van der Waals surface area contributed by atoms with Gasteiger partial charge in [0.05, 0.1) is 6.26 Å². The van der Waals surface area contributed by atoms with Gasteiger partial charge in [0, 0.05) is 13.0 Å². The van der Waals surface area contributed by atoms with E-state index in [1.165, 1.54) is 6.26 Å². The van der Waals surface area contributed by atoms with Crippen molar-refractivity contribution in [2.24, 2.45) is 0 Å². The van der Waals surface area contributed by atoms with Crippen LogP contribution in [0, 0.1) is 0 Å². The molecule has 1 rings (SSSR count). The molecule has 0 aliphatic heterocycles. The Morgan fingerprint density at radius 2 is 1.89 bits per heavy atom. The van der Waals surface area contributed by atoms with E-state index in [0.717, 1.165) is 32.1 Å². The number of hydrogen-bond acceptors (Lipinski definition) is 3. The lowest BCUT2D eigenvalue weighted by Crippen LogP contribution is -2.23. The lowest BCUT2D eigenvalue weighted by molar-refractivity contribution is -0.137. The standard InChI is InChI=1S/C13H19NO4/c15-12(16)8-4-2-1-3-5-9-14-13(17)11-7-6-10-18-11/h6-7,10H,1-5,8-9H2,(H,14,17)(H,15,16). The number of carboxylic acids is 1. The summed E-state index contributed by atoms with van der Waals surface area (Å²) in [5.74, 6) is -0.594. The third-order valence-electron chi connectivity index (χ3n) is 2.60. The molecule has 0 spiro atoms. The van der Waals surface area contributed by atoms with Crippen LogP contribution < -0.4 is 5.32 Å². The number of carbonyl (C=O) groups excluding carboxylic acids is 1. The van der Waals surface area contributed by atoms with Gasteiger partial charge < -0.3 is 14.8 Å². The maximum atomic E-state index is 11.4. The average molecular weight is 253 g/mol. The minimum Gasteiger partial charge on any atom is -0.481 e. The number of furan rings is 1. The fourth-order valence-electron chi connectivity index (χ4n) is 1.63. The molecule has 5 heteroatoms. The van der Waals surface area contributed by atoms with Crippen LogP contribution in [0.25, 0.3) is 0 Å². The van der Waals surface area contributed by atoms with Crippen LogP contribution in [0.2, 0.25) is 0 Å². The van der Waals surface area contributed by atoms with Crippen LogP contribution >= 0.6 is 0 Å². The van der Waals surface area contributed by atoms with Crippen LogP contribution in [0.4, 0.5) is 0 Å². The molecule has 1 amide bonds. The maximum absolute atomic E-state index is 11.4. The van der Waals surface area contributed by atoms with Crippen molar-refractivity contribution < 1.29 is 19.1 Å². The van der Waals surface area contributed by atoms with Crippen LogP contribution in [0.3, 0.4) is 0 Å². The molecule has 0 radical (unpaired) electrons. The van der Waals surface area contributed by atoms with E-state index in [2.05, 4.69) is 5.32 Å². The Bertz CT molecular complexity index is 359. The highest BCUT2D eigenvalue weighted by atomic mass is 16.4. The van der Waals surface area contributed by atoms with E-state index in [4.69, 9.17) is 9.52 Å². The molecule has 18 heavy (non-hydrogen) atoms. The number of amides is 1. The van der Waals surface area contributed by atoms with Crippen LogP contribution in [-0.4, -0.2) is 23.5 Å². The predicted molar refractivity (Wildman–Crippen MR) is 66.4 cm³/mol. The van der Waals surface area contributed by atoms with Crippen molar-refractivity contribution in [1.82, 2.24) is 5.32 Å². The van der Waals surface area contributed by atoms with Crippen molar-refractivity contribution >= 4 is 11.9 Å². The summed E-state index contributed by atoms with van der Waals surface area (Å²) in [5.41, 5.74) is 0. The molecule has 1 aromatic rings. The van der Waals surface area contributed by atoms with Gasteiger partial charge in [0.1, 0.15) is 0 Å². The predicted octanol–water partition coefficient (Wildman–Crippen LogP) is 2.43. The monoisotopic (exact) mass is 253 g/mol. The van der Waals surface area contributed by atoms with E-state index >= 15 is 0 Å². The number of carbonyl (C=O) groups is 2. The van der Waals surface area contributed by atoms with E-state index in [-0.39, 0.29) is 12.3 Å². The van der Waals surface area contributed by atoms with Gasteiger partial charge in [-0.15, -0.1) is 0 Å². The molecule has 1 heterocycles.